The standard InChI is InChI=1S/C13H17ClN2O4/c1-3-20-12-7-10(13(12)19-2)15-8-4-5-11(16(17)18)9(14)6-8/h4-6,10,12-13,15H,3,7H2,1-2H3. The zero-order valence-corrected chi connectivity index (χ0v) is 12.1. The maximum Gasteiger partial charge on any atom is 0.288 e. The Labute approximate surface area is 122 Å². The molecule has 1 aliphatic rings. The number of halogens is 1. The molecule has 7 heteroatoms. The number of benzene rings is 1. The molecule has 1 aromatic carbocycles. The summed E-state index contributed by atoms with van der Waals surface area (Å²) in [5, 5.41) is 14.1. The highest BCUT2D eigenvalue weighted by Crippen LogP contribution is 2.32. The Balaban J connectivity index is 2.01. The summed E-state index contributed by atoms with van der Waals surface area (Å²) in [6, 6.07) is 4.71. The van der Waals surface area contributed by atoms with Crippen LogP contribution in [0.3, 0.4) is 0 Å². The Hall–Kier alpha value is -1.37. The smallest absolute Gasteiger partial charge is 0.288 e. The van der Waals surface area contributed by atoms with Crippen LogP contribution in [0.1, 0.15) is 13.3 Å². The Bertz CT molecular complexity index is 497. The molecule has 0 aromatic heterocycles. The molecule has 3 atom stereocenters. The highest BCUT2D eigenvalue weighted by Gasteiger charge is 2.42. The fraction of sp³-hybridized carbons (Fsp3) is 0.538. The second kappa shape index (κ2) is 6.39. The first-order valence-corrected chi connectivity index (χ1v) is 6.79. The molecular weight excluding hydrogens is 284 g/mol. The minimum absolute atomic E-state index is 0.0242. The molecule has 0 amide bonds. The van der Waals surface area contributed by atoms with Gasteiger partial charge in [0, 0.05) is 25.5 Å². The lowest BCUT2D eigenvalue weighted by molar-refractivity contribution is -0.384. The maximum absolute atomic E-state index is 10.7. The molecule has 1 aliphatic carbocycles. The van der Waals surface area contributed by atoms with Crippen molar-refractivity contribution < 1.29 is 14.4 Å². The van der Waals surface area contributed by atoms with Gasteiger partial charge in [-0.2, -0.15) is 0 Å². The second-order valence-corrected chi connectivity index (χ2v) is 5.01. The number of anilines is 1. The number of ether oxygens (including phenoxy) is 2. The molecule has 0 saturated heterocycles. The Morgan fingerprint density at radius 1 is 1.55 bits per heavy atom. The van der Waals surface area contributed by atoms with E-state index in [0.29, 0.717) is 6.61 Å². The SMILES string of the molecule is CCOC1CC(Nc2ccc([N+](=O)[O-])c(Cl)c2)C1OC. The fourth-order valence-corrected chi connectivity index (χ4v) is 2.62. The third-order valence-electron chi connectivity index (χ3n) is 3.40. The van der Waals surface area contributed by atoms with Gasteiger partial charge >= 0.3 is 0 Å². The van der Waals surface area contributed by atoms with E-state index in [0.717, 1.165) is 12.1 Å². The average Bonchev–Trinajstić information content (AvgIpc) is 2.37. The van der Waals surface area contributed by atoms with Gasteiger partial charge in [0.25, 0.3) is 5.69 Å². The first-order valence-electron chi connectivity index (χ1n) is 6.41. The van der Waals surface area contributed by atoms with Crippen LogP contribution in [-0.2, 0) is 9.47 Å². The topological polar surface area (TPSA) is 73.6 Å². The monoisotopic (exact) mass is 300 g/mol. The summed E-state index contributed by atoms with van der Waals surface area (Å²) in [7, 11) is 1.65. The van der Waals surface area contributed by atoms with Crippen LogP contribution in [0.25, 0.3) is 0 Å². The van der Waals surface area contributed by atoms with Crippen molar-refractivity contribution >= 4 is 23.0 Å². The average molecular weight is 301 g/mol. The van der Waals surface area contributed by atoms with Crippen molar-refractivity contribution in [2.24, 2.45) is 0 Å². The molecule has 0 bridgehead atoms. The van der Waals surface area contributed by atoms with Gasteiger partial charge in [0.2, 0.25) is 0 Å². The van der Waals surface area contributed by atoms with Gasteiger partial charge in [0.15, 0.2) is 0 Å². The van der Waals surface area contributed by atoms with Crippen LogP contribution in [-0.4, -0.2) is 36.9 Å². The van der Waals surface area contributed by atoms with Gasteiger partial charge in [-0.25, -0.2) is 0 Å². The summed E-state index contributed by atoms with van der Waals surface area (Å²) in [6.07, 6.45) is 0.904. The summed E-state index contributed by atoms with van der Waals surface area (Å²) < 4.78 is 10.9. The van der Waals surface area contributed by atoms with Crippen molar-refractivity contribution in [1.82, 2.24) is 0 Å². The van der Waals surface area contributed by atoms with E-state index in [1.165, 1.54) is 6.07 Å². The zero-order chi connectivity index (χ0) is 14.7. The van der Waals surface area contributed by atoms with Crippen LogP contribution < -0.4 is 5.32 Å². The number of methoxy groups -OCH3 is 1. The van der Waals surface area contributed by atoms with Gasteiger partial charge in [-0.05, 0) is 25.5 Å². The van der Waals surface area contributed by atoms with Crippen molar-refractivity contribution in [3.8, 4) is 0 Å². The summed E-state index contributed by atoms with van der Waals surface area (Å²) >= 11 is 5.88. The number of hydrogen-bond acceptors (Lipinski definition) is 5. The van der Waals surface area contributed by atoms with Gasteiger partial charge in [-0.3, -0.25) is 10.1 Å². The molecule has 1 aromatic rings. The third kappa shape index (κ3) is 3.03. The first kappa shape index (κ1) is 15.0. The number of nitro benzene ring substituents is 1. The predicted octanol–water partition coefficient (Wildman–Crippen LogP) is 2.85. The van der Waals surface area contributed by atoms with Crippen molar-refractivity contribution in [3.05, 3.63) is 33.3 Å². The van der Waals surface area contributed by atoms with E-state index < -0.39 is 4.92 Å². The molecule has 1 saturated carbocycles. The van der Waals surface area contributed by atoms with Crippen LogP contribution in [0.5, 0.6) is 0 Å². The minimum Gasteiger partial charge on any atom is -0.379 e. The number of hydrogen-bond donors (Lipinski definition) is 1. The van der Waals surface area contributed by atoms with E-state index in [4.69, 9.17) is 21.1 Å². The summed E-state index contributed by atoms with van der Waals surface area (Å²) in [4.78, 5) is 10.2. The van der Waals surface area contributed by atoms with E-state index >= 15 is 0 Å². The highest BCUT2D eigenvalue weighted by atomic mass is 35.5. The molecule has 1 N–H and O–H groups in total. The van der Waals surface area contributed by atoms with Crippen LogP contribution >= 0.6 is 11.6 Å². The molecule has 2 rings (SSSR count). The van der Waals surface area contributed by atoms with Crippen LogP contribution in [0.2, 0.25) is 5.02 Å². The van der Waals surface area contributed by atoms with Gasteiger partial charge in [0.1, 0.15) is 11.1 Å². The van der Waals surface area contributed by atoms with E-state index in [-0.39, 0.29) is 29.0 Å². The largest absolute Gasteiger partial charge is 0.379 e. The number of nitrogens with zero attached hydrogens (tertiary/aromatic N) is 1. The zero-order valence-electron chi connectivity index (χ0n) is 11.3. The molecule has 110 valence electrons. The number of nitro groups is 1. The van der Waals surface area contributed by atoms with Crippen LogP contribution in [0.4, 0.5) is 11.4 Å². The Kier molecular flexibility index (Phi) is 4.80. The fourth-order valence-electron chi connectivity index (χ4n) is 2.37. The summed E-state index contributed by atoms with van der Waals surface area (Å²) in [5.74, 6) is 0. The molecule has 0 heterocycles. The van der Waals surface area contributed by atoms with E-state index in [9.17, 15) is 10.1 Å². The first-order chi connectivity index (χ1) is 9.56. The normalized spacial score (nSPS) is 25.1. The van der Waals surface area contributed by atoms with Gasteiger partial charge in [-0.1, -0.05) is 11.6 Å². The molecule has 6 nitrogen and oxygen atoms in total. The van der Waals surface area contributed by atoms with Crippen molar-refractivity contribution in [1.29, 1.82) is 0 Å². The highest BCUT2D eigenvalue weighted by molar-refractivity contribution is 6.32. The molecule has 3 unspecified atom stereocenters. The van der Waals surface area contributed by atoms with Crippen molar-refractivity contribution in [3.63, 3.8) is 0 Å². The lowest BCUT2D eigenvalue weighted by Crippen LogP contribution is -2.56. The van der Waals surface area contributed by atoms with Gasteiger partial charge in [0.05, 0.1) is 17.1 Å². The van der Waals surface area contributed by atoms with E-state index in [1.807, 2.05) is 6.92 Å². The minimum atomic E-state index is -0.501. The molecule has 0 radical (unpaired) electrons. The van der Waals surface area contributed by atoms with Gasteiger partial charge in [-0.15, -0.1) is 0 Å². The van der Waals surface area contributed by atoms with Crippen molar-refractivity contribution in [2.45, 2.75) is 31.6 Å². The van der Waals surface area contributed by atoms with Crippen LogP contribution in [0.15, 0.2) is 18.2 Å². The number of rotatable bonds is 6. The molecule has 0 spiro atoms. The van der Waals surface area contributed by atoms with E-state index in [2.05, 4.69) is 5.32 Å². The summed E-state index contributed by atoms with van der Waals surface area (Å²) in [6.45, 7) is 2.60. The molecular formula is C13H17ClN2O4. The number of nitrogens with one attached hydrogen (secondary N) is 1. The maximum atomic E-state index is 10.7. The Morgan fingerprint density at radius 2 is 2.30 bits per heavy atom. The molecule has 20 heavy (non-hydrogen) atoms. The predicted molar refractivity (Wildman–Crippen MR) is 76.3 cm³/mol. The van der Waals surface area contributed by atoms with Gasteiger partial charge < -0.3 is 14.8 Å². The third-order valence-corrected chi connectivity index (χ3v) is 3.70. The quantitative estimate of drug-likeness (QED) is 0.646. The summed E-state index contributed by atoms with van der Waals surface area (Å²) in [5.41, 5.74) is 0.643. The second-order valence-electron chi connectivity index (χ2n) is 4.60. The van der Waals surface area contributed by atoms with Crippen molar-refractivity contribution in [2.75, 3.05) is 19.0 Å². The lowest BCUT2D eigenvalue weighted by atomic mass is 9.85. The van der Waals surface area contributed by atoms with Crippen LogP contribution in [0, 0.1) is 10.1 Å². The molecule has 1 fully saturated rings. The molecule has 0 aliphatic heterocycles. The van der Waals surface area contributed by atoms with E-state index in [1.54, 1.807) is 19.2 Å². The lowest BCUT2D eigenvalue weighted by Gasteiger charge is -2.43. The Morgan fingerprint density at radius 3 is 2.85 bits per heavy atom.